The fourth-order valence-corrected chi connectivity index (χ4v) is 2.89. The molecule has 1 aliphatic heterocycles. The van der Waals surface area contributed by atoms with E-state index in [9.17, 15) is 0 Å². The van der Waals surface area contributed by atoms with Crippen LogP contribution in [0, 0.1) is 0 Å². The molecule has 104 valence electrons. The highest BCUT2D eigenvalue weighted by atomic mass is 16.5. The normalized spacial score (nSPS) is 20.4. The van der Waals surface area contributed by atoms with Crippen LogP contribution in [0.25, 0.3) is 0 Å². The Balaban J connectivity index is 2.20. The first-order valence-electron chi connectivity index (χ1n) is 7.57. The Labute approximate surface area is 116 Å². The van der Waals surface area contributed by atoms with Gasteiger partial charge in [0.2, 0.25) is 0 Å². The zero-order valence-electron chi connectivity index (χ0n) is 12.1. The van der Waals surface area contributed by atoms with E-state index >= 15 is 0 Å². The predicted octanol–water partition coefficient (Wildman–Crippen LogP) is 4.91. The average molecular weight is 259 g/mol. The topological polar surface area (TPSA) is 21.6 Å². The predicted molar refractivity (Wildman–Crippen MR) is 80.5 cm³/mol. The molecule has 2 nitrogen and oxygen atoms in total. The minimum absolute atomic E-state index is 0.104. The molecule has 2 heteroatoms. The molecule has 1 heterocycles. The Morgan fingerprint density at radius 1 is 1.05 bits per heavy atom. The molecule has 0 bridgehead atoms. The van der Waals surface area contributed by atoms with Gasteiger partial charge in [0.05, 0.1) is 0 Å². The van der Waals surface area contributed by atoms with Crippen molar-refractivity contribution in [3.63, 3.8) is 0 Å². The summed E-state index contributed by atoms with van der Waals surface area (Å²) < 4.78 is 6.02. The smallest absolute Gasteiger partial charge is 0.171 e. The average Bonchev–Trinajstić information content (AvgIpc) is 2.88. The van der Waals surface area contributed by atoms with E-state index in [-0.39, 0.29) is 11.6 Å². The molecule has 2 rings (SSSR count). The van der Waals surface area contributed by atoms with Crippen LogP contribution in [0.3, 0.4) is 0 Å². The fraction of sp³-hybridized carbons (Fsp3) is 0.588. The lowest BCUT2D eigenvalue weighted by Gasteiger charge is -2.33. The van der Waals surface area contributed by atoms with Crippen molar-refractivity contribution in [2.75, 3.05) is 0 Å². The molecule has 0 fully saturated rings. The zero-order chi connectivity index (χ0) is 13.6. The minimum atomic E-state index is -0.104. The number of nitrogens with zero attached hydrogens (tertiary/aromatic N) is 1. The van der Waals surface area contributed by atoms with Gasteiger partial charge in [-0.25, -0.2) is 4.99 Å². The molecule has 0 saturated heterocycles. The number of rotatable bonds is 7. The summed E-state index contributed by atoms with van der Waals surface area (Å²) in [6, 6.07) is 10.8. The van der Waals surface area contributed by atoms with Crippen molar-refractivity contribution < 1.29 is 4.74 Å². The van der Waals surface area contributed by atoms with Crippen molar-refractivity contribution in [3.8, 4) is 0 Å². The van der Waals surface area contributed by atoms with Gasteiger partial charge in [-0.3, -0.25) is 0 Å². The maximum absolute atomic E-state index is 6.02. The number of aliphatic imine (C=N–C) groups is 1. The molecule has 0 unspecified atom stereocenters. The number of hydrogen-bond acceptors (Lipinski definition) is 2. The standard InChI is InChI=1S/C17H25NO/c1-3-5-12-17(13-6-4-2)16(18-14-19-17)15-10-8-7-9-11-15/h7-11,14,16H,3-6,12-13H2,1-2H3/t16-/m1/s1. The molecule has 0 aliphatic carbocycles. The molecule has 0 aromatic heterocycles. The summed E-state index contributed by atoms with van der Waals surface area (Å²) in [5.74, 6) is 0. The second-order valence-corrected chi connectivity index (χ2v) is 5.46. The van der Waals surface area contributed by atoms with E-state index in [1.807, 2.05) is 0 Å². The first-order chi connectivity index (χ1) is 9.32. The van der Waals surface area contributed by atoms with Gasteiger partial charge in [-0.1, -0.05) is 57.0 Å². The Hall–Kier alpha value is -1.31. The zero-order valence-corrected chi connectivity index (χ0v) is 12.1. The monoisotopic (exact) mass is 259 g/mol. The molecule has 1 aromatic carbocycles. The summed E-state index contributed by atoms with van der Waals surface area (Å²) in [7, 11) is 0. The van der Waals surface area contributed by atoms with Crippen LogP contribution in [0.1, 0.15) is 64.0 Å². The van der Waals surface area contributed by atoms with Gasteiger partial charge in [0.15, 0.2) is 6.40 Å². The van der Waals surface area contributed by atoms with Gasteiger partial charge in [0.1, 0.15) is 11.6 Å². The summed E-state index contributed by atoms with van der Waals surface area (Å²) in [4.78, 5) is 4.62. The number of ether oxygens (including phenoxy) is 1. The van der Waals surface area contributed by atoms with Crippen molar-refractivity contribution in [2.45, 2.75) is 64.0 Å². The molecule has 1 aliphatic rings. The van der Waals surface area contributed by atoms with E-state index in [1.54, 1.807) is 6.40 Å². The van der Waals surface area contributed by atoms with Gasteiger partial charge < -0.3 is 4.74 Å². The summed E-state index contributed by atoms with van der Waals surface area (Å²) in [5, 5.41) is 0. The Morgan fingerprint density at radius 2 is 1.68 bits per heavy atom. The first kappa shape index (κ1) is 14.1. The first-order valence-corrected chi connectivity index (χ1v) is 7.57. The molecule has 0 spiro atoms. The van der Waals surface area contributed by atoms with Gasteiger partial charge in [-0.05, 0) is 31.2 Å². The third kappa shape index (κ3) is 3.17. The van der Waals surface area contributed by atoms with Crippen molar-refractivity contribution in [2.24, 2.45) is 4.99 Å². The summed E-state index contributed by atoms with van der Waals surface area (Å²) >= 11 is 0. The van der Waals surface area contributed by atoms with Crippen LogP contribution in [0.15, 0.2) is 35.3 Å². The van der Waals surface area contributed by atoms with Crippen LogP contribution in [0.2, 0.25) is 0 Å². The summed E-state index contributed by atoms with van der Waals surface area (Å²) in [6.45, 7) is 4.47. The van der Waals surface area contributed by atoms with Crippen LogP contribution in [0.5, 0.6) is 0 Å². The van der Waals surface area contributed by atoms with Gasteiger partial charge in [-0.2, -0.15) is 0 Å². The molecule has 1 atom stereocenters. The molecule has 0 radical (unpaired) electrons. The van der Waals surface area contributed by atoms with Gasteiger partial charge >= 0.3 is 0 Å². The highest BCUT2D eigenvalue weighted by molar-refractivity contribution is 5.53. The SMILES string of the molecule is CCCCC1(CCCC)OC=N[C@@H]1c1ccccc1. The third-order valence-corrected chi connectivity index (χ3v) is 4.02. The molecule has 19 heavy (non-hydrogen) atoms. The molecule has 0 saturated carbocycles. The quantitative estimate of drug-likeness (QED) is 0.682. The second kappa shape index (κ2) is 6.74. The van der Waals surface area contributed by atoms with E-state index < -0.39 is 0 Å². The van der Waals surface area contributed by atoms with Gasteiger partial charge in [0, 0.05) is 0 Å². The van der Waals surface area contributed by atoms with Crippen molar-refractivity contribution in [3.05, 3.63) is 35.9 Å². The highest BCUT2D eigenvalue weighted by Crippen LogP contribution is 2.43. The second-order valence-electron chi connectivity index (χ2n) is 5.46. The maximum Gasteiger partial charge on any atom is 0.171 e. The summed E-state index contributed by atoms with van der Waals surface area (Å²) in [5.41, 5.74) is 1.18. The largest absolute Gasteiger partial charge is 0.475 e. The van der Waals surface area contributed by atoms with Crippen LogP contribution in [-0.2, 0) is 4.74 Å². The molecular weight excluding hydrogens is 234 g/mol. The lowest BCUT2D eigenvalue weighted by Crippen LogP contribution is -2.35. The Morgan fingerprint density at radius 3 is 2.26 bits per heavy atom. The molecule has 1 aromatic rings. The van der Waals surface area contributed by atoms with E-state index in [2.05, 4.69) is 49.2 Å². The maximum atomic E-state index is 6.02. The van der Waals surface area contributed by atoms with Gasteiger partial charge in [0.25, 0.3) is 0 Å². The van der Waals surface area contributed by atoms with Crippen molar-refractivity contribution in [1.82, 2.24) is 0 Å². The van der Waals surface area contributed by atoms with Crippen LogP contribution in [-0.4, -0.2) is 12.0 Å². The number of benzene rings is 1. The van der Waals surface area contributed by atoms with Crippen molar-refractivity contribution >= 4 is 6.40 Å². The van der Waals surface area contributed by atoms with E-state index in [1.165, 1.54) is 31.2 Å². The fourth-order valence-electron chi connectivity index (χ4n) is 2.89. The number of unbranched alkanes of at least 4 members (excludes halogenated alkanes) is 2. The Bertz CT molecular complexity index is 391. The van der Waals surface area contributed by atoms with E-state index in [0.717, 1.165) is 12.8 Å². The van der Waals surface area contributed by atoms with E-state index in [4.69, 9.17) is 4.74 Å². The Kier molecular flexibility index (Phi) is 5.00. The number of hydrogen-bond donors (Lipinski definition) is 0. The van der Waals surface area contributed by atoms with Crippen LogP contribution in [0.4, 0.5) is 0 Å². The van der Waals surface area contributed by atoms with E-state index in [0.29, 0.717) is 0 Å². The minimum Gasteiger partial charge on any atom is -0.475 e. The van der Waals surface area contributed by atoms with Gasteiger partial charge in [-0.15, -0.1) is 0 Å². The molecule has 0 amide bonds. The lowest BCUT2D eigenvalue weighted by atomic mass is 9.81. The van der Waals surface area contributed by atoms with Crippen LogP contribution >= 0.6 is 0 Å². The lowest BCUT2D eigenvalue weighted by molar-refractivity contribution is 0.0376. The highest BCUT2D eigenvalue weighted by Gasteiger charge is 2.43. The molecular formula is C17H25NO. The van der Waals surface area contributed by atoms with Crippen molar-refractivity contribution in [1.29, 1.82) is 0 Å². The molecule has 0 N–H and O–H groups in total. The summed E-state index contributed by atoms with van der Waals surface area (Å²) in [6.07, 6.45) is 8.71. The third-order valence-electron chi connectivity index (χ3n) is 4.02. The van der Waals surface area contributed by atoms with Crippen LogP contribution < -0.4 is 0 Å².